The molecule has 340 valence electrons. The standard InChI is InChI=1S/C50H52N8O8/c1-28(2)42(55-49(61)64-4)47(59)57-20-9-12-39(57)45-51-25-38(53-45)32-14-16-34-33(22-32)27-66-41-24-35-31(23-36(34)41)15-17-37-44(35)54-46(52-37)40-18-13-29(19-21-63-3)26-58(40)48(60)43(56-50(62)65-5)30-10-7-6-8-11-30/h6-8,10-11,14-17,22-25,28-29,39-40,42-43H,9,12-13,18,20,26-27H2,1-5H3,(H,51,53)(H,52,54)(H,55,61)(H,56,62). The number of methoxy groups -OCH3 is 3. The topological polar surface area (TPSA) is 193 Å². The van der Waals surface area contributed by atoms with Crippen molar-refractivity contribution in [3.63, 3.8) is 0 Å². The van der Waals surface area contributed by atoms with Crippen LogP contribution in [0.1, 0.15) is 80.4 Å². The Labute approximate surface area is 381 Å². The van der Waals surface area contributed by atoms with Crippen LogP contribution >= 0.6 is 0 Å². The second-order valence-electron chi connectivity index (χ2n) is 17.3. The van der Waals surface area contributed by atoms with E-state index in [1.165, 1.54) is 21.3 Å². The molecule has 3 aliphatic heterocycles. The SMILES string of the molecule is COC#CC1CCC(c2nc3c(ccc4cc5c(cc43)OCc3cc(-c4cnc(C6CCCN6C(=O)C(NC(=O)OC)C(C)C)[nH]4)ccc3-5)[nH]2)N(C(=O)C(NC(=O)OC)c2ccccc2)C1. The number of carbonyl (C=O) groups is 4. The van der Waals surface area contributed by atoms with Gasteiger partial charge >= 0.3 is 12.2 Å². The van der Waals surface area contributed by atoms with Crippen LogP contribution in [0.2, 0.25) is 0 Å². The van der Waals surface area contributed by atoms with Gasteiger partial charge in [-0.3, -0.25) is 9.59 Å². The molecule has 2 saturated heterocycles. The second kappa shape index (κ2) is 18.5. The number of imidazole rings is 2. The third-order valence-corrected chi connectivity index (χ3v) is 12.9. The van der Waals surface area contributed by atoms with Crippen LogP contribution in [-0.4, -0.2) is 94.2 Å². The number of benzene rings is 4. The first-order valence-electron chi connectivity index (χ1n) is 22.2. The summed E-state index contributed by atoms with van der Waals surface area (Å²) >= 11 is 0. The highest BCUT2D eigenvalue weighted by Gasteiger charge is 2.40. The average molecular weight is 893 g/mol. The maximum Gasteiger partial charge on any atom is 0.407 e. The Morgan fingerprint density at radius 1 is 0.833 bits per heavy atom. The van der Waals surface area contributed by atoms with Crippen molar-refractivity contribution in [2.24, 2.45) is 11.8 Å². The van der Waals surface area contributed by atoms with E-state index in [-0.39, 0.29) is 29.7 Å². The highest BCUT2D eigenvalue weighted by molar-refractivity contribution is 6.07. The average Bonchev–Trinajstić information content (AvgIpc) is 4.14. The number of amides is 4. The third kappa shape index (κ3) is 8.44. The summed E-state index contributed by atoms with van der Waals surface area (Å²) in [5.74, 6) is 4.47. The van der Waals surface area contributed by atoms with Gasteiger partial charge in [-0.05, 0) is 83.5 Å². The summed E-state index contributed by atoms with van der Waals surface area (Å²) in [6.07, 6.45) is 6.03. The molecule has 5 unspecified atom stereocenters. The van der Waals surface area contributed by atoms with Crippen LogP contribution < -0.4 is 15.4 Å². The zero-order valence-electron chi connectivity index (χ0n) is 37.5. The minimum absolute atomic E-state index is 0.128. The van der Waals surface area contributed by atoms with Crippen molar-refractivity contribution < 1.29 is 38.1 Å². The number of fused-ring (bicyclic) bond motifs is 6. The lowest BCUT2D eigenvalue weighted by Crippen LogP contribution is -2.51. The molecule has 16 nitrogen and oxygen atoms in total. The fourth-order valence-corrected chi connectivity index (χ4v) is 9.51. The molecule has 5 heterocycles. The number of nitrogens with one attached hydrogen (secondary N) is 4. The van der Waals surface area contributed by atoms with Gasteiger partial charge in [0, 0.05) is 30.0 Å². The Morgan fingerprint density at radius 3 is 2.39 bits per heavy atom. The lowest BCUT2D eigenvalue weighted by molar-refractivity contribution is -0.138. The molecule has 0 radical (unpaired) electrons. The summed E-state index contributed by atoms with van der Waals surface area (Å²) in [6, 6.07) is 21.3. The maximum atomic E-state index is 14.6. The molecule has 0 spiro atoms. The van der Waals surface area contributed by atoms with Crippen LogP contribution in [-0.2, 0) is 30.4 Å². The van der Waals surface area contributed by atoms with E-state index in [2.05, 4.69) is 63.0 Å². The van der Waals surface area contributed by atoms with Gasteiger partial charge in [-0.1, -0.05) is 68.3 Å². The van der Waals surface area contributed by atoms with Gasteiger partial charge < -0.3 is 49.3 Å². The molecule has 0 aliphatic carbocycles. The lowest BCUT2D eigenvalue weighted by atomic mass is 9.91. The number of H-pyrrole nitrogens is 2. The van der Waals surface area contributed by atoms with E-state index in [9.17, 15) is 19.2 Å². The lowest BCUT2D eigenvalue weighted by Gasteiger charge is -2.39. The Morgan fingerprint density at radius 2 is 1.62 bits per heavy atom. The number of alkyl carbamates (subject to hydrolysis) is 2. The number of carbonyl (C=O) groups excluding carboxylic acids is 4. The van der Waals surface area contributed by atoms with Crippen LogP contribution in [0.4, 0.5) is 9.59 Å². The van der Waals surface area contributed by atoms with E-state index >= 15 is 0 Å². The predicted octanol–water partition coefficient (Wildman–Crippen LogP) is 7.69. The number of hydrogen-bond acceptors (Lipinski definition) is 10. The zero-order valence-corrected chi connectivity index (χ0v) is 37.5. The van der Waals surface area contributed by atoms with Crippen molar-refractivity contribution in [2.45, 2.75) is 70.3 Å². The maximum absolute atomic E-state index is 14.6. The number of ether oxygens (including phenoxy) is 4. The van der Waals surface area contributed by atoms with E-state index in [0.717, 1.165) is 68.3 Å². The highest BCUT2D eigenvalue weighted by Crippen LogP contribution is 2.44. The van der Waals surface area contributed by atoms with Crippen molar-refractivity contribution in [3.8, 4) is 40.2 Å². The molecule has 4 N–H and O–H groups in total. The molecule has 5 atom stereocenters. The summed E-state index contributed by atoms with van der Waals surface area (Å²) in [5.41, 5.74) is 7.02. The highest BCUT2D eigenvalue weighted by atomic mass is 16.5. The zero-order chi connectivity index (χ0) is 46.1. The van der Waals surface area contributed by atoms with Crippen molar-refractivity contribution in [2.75, 3.05) is 34.4 Å². The summed E-state index contributed by atoms with van der Waals surface area (Å²) in [6.45, 7) is 5.03. The summed E-state index contributed by atoms with van der Waals surface area (Å²) in [5, 5.41) is 7.34. The number of piperidine rings is 1. The van der Waals surface area contributed by atoms with Crippen LogP contribution in [0.5, 0.6) is 5.75 Å². The van der Waals surface area contributed by atoms with Crippen molar-refractivity contribution in [1.82, 2.24) is 40.4 Å². The summed E-state index contributed by atoms with van der Waals surface area (Å²) in [4.78, 5) is 73.4. The predicted molar refractivity (Wildman–Crippen MR) is 245 cm³/mol. The number of aromatic amines is 2. The van der Waals surface area contributed by atoms with Crippen molar-refractivity contribution in [1.29, 1.82) is 0 Å². The monoisotopic (exact) mass is 892 g/mol. The number of aromatic nitrogens is 4. The van der Waals surface area contributed by atoms with Gasteiger partial charge in [0.2, 0.25) is 5.91 Å². The number of nitrogens with zero attached hydrogens (tertiary/aromatic N) is 4. The molecule has 0 bridgehead atoms. The first-order chi connectivity index (χ1) is 32.0. The van der Waals surface area contributed by atoms with Crippen LogP contribution in [0.3, 0.4) is 0 Å². The molecule has 0 saturated carbocycles. The summed E-state index contributed by atoms with van der Waals surface area (Å²) < 4.78 is 21.2. The molecular formula is C50H52N8O8. The van der Waals surface area contributed by atoms with E-state index in [1.54, 1.807) is 28.1 Å². The molecule has 3 aliphatic rings. The number of likely N-dealkylation sites (tertiary alicyclic amines) is 2. The molecule has 16 heteroatoms. The van der Waals surface area contributed by atoms with E-state index in [1.807, 2.05) is 44.2 Å². The minimum Gasteiger partial charge on any atom is -0.488 e. The fourth-order valence-electron chi connectivity index (χ4n) is 9.51. The molecule has 4 aromatic carbocycles. The van der Waals surface area contributed by atoms with Crippen LogP contribution in [0.15, 0.2) is 79.0 Å². The molecule has 6 aromatic rings. The minimum atomic E-state index is -0.998. The molecule has 66 heavy (non-hydrogen) atoms. The van der Waals surface area contributed by atoms with E-state index < -0.39 is 30.3 Å². The van der Waals surface area contributed by atoms with Gasteiger partial charge in [-0.2, -0.15) is 0 Å². The molecule has 2 fully saturated rings. The van der Waals surface area contributed by atoms with Gasteiger partial charge in [-0.15, -0.1) is 0 Å². The van der Waals surface area contributed by atoms with Crippen molar-refractivity contribution in [3.05, 3.63) is 102 Å². The third-order valence-electron chi connectivity index (χ3n) is 12.9. The molecular weight excluding hydrogens is 841 g/mol. The van der Waals surface area contributed by atoms with Gasteiger partial charge in [0.1, 0.15) is 42.2 Å². The first-order valence-corrected chi connectivity index (χ1v) is 22.2. The summed E-state index contributed by atoms with van der Waals surface area (Å²) in [7, 11) is 4.07. The number of rotatable bonds is 9. The Bertz CT molecular complexity index is 2880. The van der Waals surface area contributed by atoms with Gasteiger partial charge in [0.15, 0.2) is 0 Å². The van der Waals surface area contributed by atoms with E-state index in [4.69, 9.17) is 28.9 Å². The van der Waals surface area contributed by atoms with Gasteiger partial charge in [-0.25, -0.2) is 19.6 Å². The molecule has 4 amide bonds. The van der Waals surface area contributed by atoms with Crippen LogP contribution in [0, 0.1) is 23.9 Å². The molecule has 2 aromatic heterocycles. The second-order valence-corrected chi connectivity index (χ2v) is 17.3. The quantitative estimate of drug-likeness (QED) is 0.105. The molecule has 9 rings (SSSR count). The Hall–Kier alpha value is -7.54. The van der Waals surface area contributed by atoms with Crippen LogP contribution in [0.25, 0.3) is 44.2 Å². The van der Waals surface area contributed by atoms with E-state index in [0.29, 0.717) is 49.8 Å². The smallest absolute Gasteiger partial charge is 0.407 e. The number of hydrogen-bond donors (Lipinski definition) is 4. The fraction of sp³-hybridized carbons (Fsp3) is 0.360. The van der Waals surface area contributed by atoms with Gasteiger partial charge in [0.25, 0.3) is 5.91 Å². The normalized spacial score (nSPS) is 18.6. The van der Waals surface area contributed by atoms with Crippen molar-refractivity contribution >= 4 is 45.8 Å². The Kier molecular flexibility index (Phi) is 12.3. The van der Waals surface area contributed by atoms with Gasteiger partial charge in [0.05, 0.1) is 56.3 Å². The first kappa shape index (κ1) is 43.7. The largest absolute Gasteiger partial charge is 0.488 e. The Balaban J connectivity index is 0.985.